The van der Waals surface area contributed by atoms with Gasteiger partial charge in [0.05, 0.1) is 25.9 Å². The van der Waals surface area contributed by atoms with Gasteiger partial charge in [-0.25, -0.2) is 4.79 Å². The van der Waals surface area contributed by atoms with Crippen LogP contribution in [0.25, 0.3) is 0 Å². The third kappa shape index (κ3) is 7.68. The summed E-state index contributed by atoms with van der Waals surface area (Å²) in [6.45, 7) is 3.96. The van der Waals surface area contributed by atoms with Crippen LogP contribution >= 0.6 is 0 Å². The van der Waals surface area contributed by atoms with Crippen molar-refractivity contribution in [1.29, 1.82) is 0 Å². The predicted molar refractivity (Wildman–Crippen MR) is 94.0 cm³/mol. The molecule has 0 saturated carbocycles. The smallest absolute Gasteiger partial charge is 0.338 e. The van der Waals surface area contributed by atoms with Crippen molar-refractivity contribution >= 4 is 5.97 Å². The van der Waals surface area contributed by atoms with E-state index in [4.69, 9.17) is 18.9 Å². The summed E-state index contributed by atoms with van der Waals surface area (Å²) in [6.07, 6.45) is 6.08. The Morgan fingerprint density at radius 1 is 0.917 bits per heavy atom. The standard InChI is InChI=1S/C19H30O5/c1-4-5-13-23-17-11-10-16(15-18(17)22-3)19(20)24-14-9-7-6-8-12-21-2/h10-11,15H,4-9,12-14H2,1-3H3. The minimum Gasteiger partial charge on any atom is -0.493 e. The fourth-order valence-electron chi connectivity index (χ4n) is 2.19. The lowest BCUT2D eigenvalue weighted by Gasteiger charge is -2.12. The van der Waals surface area contributed by atoms with Gasteiger partial charge in [-0.1, -0.05) is 19.8 Å². The molecule has 0 aliphatic rings. The molecule has 24 heavy (non-hydrogen) atoms. The molecule has 1 rings (SSSR count). The third-order valence-electron chi connectivity index (χ3n) is 3.63. The van der Waals surface area contributed by atoms with Crippen molar-refractivity contribution in [3.05, 3.63) is 23.8 Å². The van der Waals surface area contributed by atoms with Crippen LogP contribution in [0, 0.1) is 0 Å². The Kier molecular flexibility index (Phi) is 10.7. The Hall–Kier alpha value is -1.75. The molecule has 0 atom stereocenters. The highest BCUT2D eigenvalue weighted by atomic mass is 16.5. The summed E-state index contributed by atoms with van der Waals surface area (Å²) < 4.78 is 21.3. The fraction of sp³-hybridized carbons (Fsp3) is 0.632. The van der Waals surface area contributed by atoms with E-state index < -0.39 is 0 Å². The molecule has 0 heterocycles. The van der Waals surface area contributed by atoms with Gasteiger partial charge in [0.25, 0.3) is 0 Å². The molecule has 1 aromatic rings. The van der Waals surface area contributed by atoms with Gasteiger partial charge in [-0.3, -0.25) is 0 Å². The van der Waals surface area contributed by atoms with Crippen molar-refractivity contribution in [3.8, 4) is 11.5 Å². The van der Waals surface area contributed by atoms with E-state index in [9.17, 15) is 4.79 Å². The Labute approximate surface area is 145 Å². The zero-order valence-corrected chi connectivity index (χ0v) is 15.1. The van der Waals surface area contributed by atoms with Crippen molar-refractivity contribution in [3.63, 3.8) is 0 Å². The van der Waals surface area contributed by atoms with E-state index in [2.05, 4.69) is 6.92 Å². The molecule has 0 bridgehead atoms. The van der Waals surface area contributed by atoms with Crippen LogP contribution in [-0.4, -0.2) is 40.0 Å². The van der Waals surface area contributed by atoms with Crippen LogP contribution in [0.15, 0.2) is 18.2 Å². The van der Waals surface area contributed by atoms with Crippen molar-refractivity contribution < 1.29 is 23.7 Å². The predicted octanol–water partition coefficient (Wildman–Crippen LogP) is 4.24. The van der Waals surface area contributed by atoms with Crippen molar-refractivity contribution in [2.75, 3.05) is 34.0 Å². The second kappa shape index (κ2) is 12.6. The van der Waals surface area contributed by atoms with E-state index in [1.54, 1.807) is 32.4 Å². The Balaban J connectivity index is 2.41. The van der Waals surface area contributed by atoms with Gasteiger partial charge >= 0.3 is 5.97 Å². The number of esters is 1. The molecule has 0 N–H and O–H groups in total. The second-order valence-electron chi connectivity index (χ2n) is 5.61. The number of rotatable bonds is 13. The highest BCUT2D eigenvalue weighted by molar-refractivity contribution is 5.90. The molecule has 1 aromatic carbocycles. The summed E-state index contributed by atoms with van der Waals surface area (Å²) in [5, 5.41) is 0. The lowest BCUT2D eigenvalue weighted by Crippen LogP contribution is -2.07. The average molecular weight is 338 g/mol. The van der Waals surface area contributed by atoms with Gasteiger partial charge in [-0.2, -0.15) is 0 Å². The van der Waals surface area contributed by atoms with Gasteiger partial charge in [0.2, 0.25) is 0 Å². The summed E-state index contributed by atoms with van der Waals surface area (Å²) in [4.78, 5) is 12.1. The Morgan fingerprint density at radius 2 is 1.67 bits per heavy atom. The van der Waals surface area contributed by atoms with E-state index in [0.29, 0.717) is 30.3 Å². The SMILES string of the molecule is CCCCOc1ccc(C(=O)OCCCCCCOC)cc1OC. The summed E-state index contributed by atoms with van der Waals surface area (Å²) in [6, 6.07) is 5.14. The molecule has 0 aliphatic carbocycles. The van der Waals surface area contributed by atoms with Gasteiger partial charge in [-0.15, -0.1) is 0 Å². The van der Waals surface area contributed by atoms with E-state index in [-0.39, 0.29) is 5.97 Å². The maximum absolute atomic E-state index is 12.1. The van der Waals surface area contributed by atoms with Gasteiger partial charge in [0.15, 0.2) is 11.5 Å². The van der Waals surface area contributed by atoms with E-state index in [1.165, 1.54) is 0 Å². The average Bonchev–Trinajstić information content (AvgIpc) is 2.61. The van der Waals surface area contributed by atoms with Gasteiger partial charge in [-0.05, 0) is 43.9 Å². The number of carbonyl (C=O) groups excluding carboxylic acids is 1. The number of hydrogen-bond donors (Lipinski definition) is 0. The lowest BCUT2D eigenvalue weighted by molar-refractivity contribution is 0.0496. The van der Waals surface area contributed by atoms with Crippen LogP contribution in [0.5, 0.6) is 11.5 Å². The zero-order chi connectivity index (χ0) is 17.6. The van der Waals surface area contributed by atoms with E-state index in [0.717, 1.165) is 45.1 Å². The minimum absolute atomic E-state index is 0.328. The number of benzene rings is 1. The van der Waals surface area contributed by atoms with Crippen LogP contribution in [-0.2, 0) is 9.47 Å². The molecular weight excluding hydrogens is 308 g/mol. The minimum atomic E-state index is -0.328. The molecule has 0 saturated heterocycles. The van der Waals surface area contributed by atoms with Crippen LogP contribution < -0.4 is 9.47 Å². The molecule has 0 unspecified atom stereocenters. The number of hydrogen-bond acceptors (Lipinski definition) is 5. The first kappa shape index (κ1) is 20.3. The number of methoxy groups -OCH3 is 2. The molecule has 136 valence electrons. The second-order valence-corrected chi connectivity index (χ2v) is 5.61. The first-order valence-electron chi connectivity index (χ1n) is 8.69. The molecular formula is C19H30O5. The summed E-state index contributed by atoms with van der Waals surface area (Å²) in [7, 11) is 3.27. The molecule has 0 amide bonds. The number of unbranched alkanes of at least 4 members (excludes halogenated alkanes) is 4. The van der Waals surface area contributed by atoms with E-state index >= 15 is 0 Å². The maximum Gasteiger partial charge on any atom is 0.338 e. The highest BCUT2D eigenvalue weighted by Gasteiger charge is 2.12. The molecule has 0 radical (unpaired) electrons. The van der Waals surface area contributed by atoms with Crippen LogP contribution in [0.4, 0.5) is 0 Å². The van der Waals surface area contributed by atoms with Gasteiger partial charge in [0.1, 0.15) is 0 Å². The monoisotopic (exact) mass is 338 g/mol. The van der Waals surface area contributed by atoms with Crippen molar-refractivity contribution in [2.24, 2.45) is 0 Å². The van der Waals surface area contributed by atoms with Crippen LogP contribution in [0.3, 0.4) is 0 Å². The molecule has 5 nitrogen and oxygen atoms in total. The first-order chi connectivity index (χ1) is 11.7. The molecule has 0 fully saturated rings. The Bertz CT molecular complexity index is 473. The first-order valence-corrected chi connectivity index (χ1v) is 8.69. The fourth-order valence-corrected chi connectivity index (χ4v) is 2.19. The van der Waals surface area contributed by atoms with Crippen LogP contribution in [0.1, 0.15) is 55.8 Å². The number of ether oxygens (including phenoxy) is 4. The summed E-state index contributed by atoms with van der Waals surface area (Å²) >= 11 is 0. The molecule has 0 aliphatic heterocycles. The maximum atomic E-state index is 12.1. The summed E-state index contributed by atoms with van der Waals surface area (Å²) in [5.41, 5.74) is 0.481. The topological polar surface area (TPSA) is 54.0 Å². The molecule has 5 heteroatoms. The van der Waals surface area contributed by atoms with Gasteiger partial charge in [0, 0.05) is 13.7 Å². The largest absolute Gasteiger partial charge is 0.493 e. The molecule has 0 spiro atoms. The van der Waals surface area contributed by atoms with Crippen molar-refractivity contribution in [2.45, 2.75) is 45.4 Å². The Morgan fingerprint density at radius 3 is 2.33 bits per heavy atom. The lowest BCUT2D eigenvalue weighted by atomic mass is 10.2. The molecule has 0 aromatic heterocycles. The van der Waals surface area contributed by atoms with Crippen molar-refractivity contribution in [1.82, 2.24) is 0 Å². The highest BCUT2D eigenvalue weighted by Crippen LogP contribution is 2.28. The van der Waals surface area contributed by atoms with E-state index in [1.807, 2.05) is 0 Å². The van der Waals surface area contributed by atoms with Crippen LogP contribution in [0.2, 0.25) is 0 Å². The normalized spacial score (nSPS) is 10.5. The zero-order valence-electron chi connectivity index (χ0n) is 15.1. The third-order valence-corrected chi connectivity index (χ3v) is 3.63. The quantitative estimate of drug-likeness (QED) is 0.398. The van der Waals surface area contributed by atoms with Gasteiger partial charge < -0.3 is 18.9 Å². The number of carbonyl (C=O) groups is 1. The summed E-state index contributed by atoms with van der Waals surface area (Å²) in [5.74, 6) is 0.881.